The van der Waals surface area contributed by atoms with Crippen LogP contribution >= 0.6 is 0 Å². The lowest BCUT2D eigenvalue weighted by Crippen LogP contribution is -2.29. The molecule has 23 heavy (non-hydrogen) atoms. The van der Waals surface area contributed by atoms with Gasteiger partial charge in [-0.05, 0) is 24.6 Å². The van der Waals surface area contributed by atoms with Crippen molar-refractivity contribution in [3.63, 3.8) is 0 Å². The number of nitrogens with zero attached hydrogens (tertiary/aromatic N) is 3. The van der Waals surface area contributed by atoms with Gasteiger partial charge in [-0.15, -0.1) is 10.2 Å². The fourth-order valence-electron chi connectivity index (χ4n) is 2.49. The lowest BCUT2D eigenvalue weighted by atomic mass is 10.1. The van der Waals surface area contributed by atoms with Crippen LogP contribution in [0.5, 0.6) is 0 Å². The van der Waals surface area contributed by atoms with Gasteiger partial charge in [-0.3, -0.25) is 9.20 Å². The highest BCUT2D eigenvalue weighted by molar-refractivity contribution is 5.77. The normalized spacial score (nSPS) is 13.7. The van der Waals surface area contributed by atoms with Crippen LogP contribution in [0, 0.1) is 0 Å². The Morgan fingerprint density at radius 2 is 1.91 bits per heavy atom. The lowest BCUT2D eigenvalue weighted by molar-refractivity contribution is -0.123. The predicted molar refractivity (Wildman–Crippen MR) is 85.6 cm³/mol. The second-order valence-electron chi connectivity index (χ2n) is 5.41. The monoisotopic (exact) mass is 310 g/mol. The van der Waals surface area contributed by atoms with Crippen LogP contribution in [0.1, 0.15) is 36.9 Å². The molecule has 0 fully saturated rings. The molecule has 118 valence electrons. The summed E-state index contributed by atoms with van der Waals surface area (Å²) < 4.78 is 1.83. The lowest BCUT2D eigenvalue weighted by Gasteiger charge is -2.15. The highest BCUT2D eigenvalue weighted by atomic mass is 16.3. The Kier molecular flexibility index (Phi) is 4.34. The van der Waals surface area contributed by atoms with Crippen molar-refractivity contribution in [3.05, 3.63) is 66.1 Å². The number of pyridine rings is 1. The molecule has 0 radical (unpaired) electrons. The number of fused-ring (bicyclic) bond motifs is 1. The average molecular weight is 310 g/mol. The van der Waals surface area contributed by atoms with Crippen LogP contribution in [0.3, 0.4) is 0 Å². The zero-order valence-corrected chi connectivity index (χ0v) is 12.8. The van der Waals surface area contributed by atoms with E-state index in [9.17, 15) is 9.90 Å². The van der Waals surface area contributed by atoms with E-state index < -0.39 is 6.10 Å². The summed E-state index contributed by atoms with van der Waals surface area (Å²) in [5.41, 5.74) is 1.45. The molecule has 0 aliphatic rings. The van der Waals surface area contributed by atoms with Crippen molar-refractivity contribution >= 4 is 11.6 Å². The van der Waals surface area contributed by atoms with Crippen LogP contribution in [0.25, 0.3) is 5.65 Å². The SMILES string of the molecule is CC(NC(=O)CC(O)c1ccccc1)c1nnc2ccccn12. The molecule has 1 aromatic carbocycles. The molecular formula is C17H18N4O2. The van der Waals surface area contributed by atoms with Crippen LogP contribution < -0.4 is 5.32 Å². The molecule has 2 unspecified atom stereocenters. The molecule has 3 aromatic rings. The number of carbonyl (C=O) groups is 1. The summed E-state index contributed by atoms with van der Waals surface area (Å²) in [6, 6.07) is 14.5. The van der Waals surface area contributed by atoms with Crippen molar-refractivity contribution in [1.82, 2.24) is 19.9 Å². The van der Waals surface area contributed by atoms with Gasteiger partial charge in [0.05, 0.1) is 18.6 Å². The third-order valence-electron chi connectivity index (χ3n) is 3.67. The molecule has 0 saturated carbocycles. The molecule has 0 bridgehead atoms. The molecule has 2 aromatic heterocycles. The maximum absolute atomic E-state index is 12.1. The van der Waals surface area contributed by atoms with Crippen molar-refractivity contribution in [2.45, 2.75) is 25.5 Å². The zero-order chi connectivity index (χ0) is 16.2. The molecule has 0 spiro atoms. The third-order valence-corrected chi connectivity index (χ3v) is 3.67. The first-order chi connectivity index (χ1) is 11.1. The maximum Gasteiger partial charge on any atom is 0.223 e. The topological polar surface area (TPSA) is 79.5 Å². The first kappa shape index (κ1) is 15.2. The summed E-state index contributed by atoms with van der Waals surface area (Å²) in [4.78, 5) is 12.1. The van der Waals surface area contributed by atoms with E-state index in [0.717, 1.165) is 11.2 Å². The third kappa shape index (κ3) is 3.37. The van der Waals surface area contributed by atoms with E-state index in [4.69, 9.17) is 0 Å². The summed E-state index contributed by atoms with van der Waals surface area (Å²) in [5.74, 6) is 0.421. The van der Waals surface area contributed by atoms with Crippen molar-refractivity contribution in [1.29, 1.82) is 0 Å². The van der Waals surface area contributed by atoms with Crippen LogP contribution in [0.15, 0.2) is 54.7 Å². The average Bonchev–Trinajstić information content (AvgIpc) is 2.99. The zero-order valence-electron chi connectivity index (χ0n) is 12.8. The van der Waals surface area contributed by atoms with Crippen molar-refractivity contribution in [2.75, 3.05) is 0 Å². The van der Waals surface area contributed by atoms with Gasteiger partial charge < -0.3 is 10.4 Å². The number of nitrogens with one attached hydrogen (secondary N) is 1. The molecular weight excluding hydrogens is 292 g/mol. The number of benzene rings is 1. The number of amides is 1. The Balaban J connectivity index is 1.65. The second-order valence-corrected chi connectivity index (χ2v) is 5.41. The standard InChI is InChI=1S/C17H18N4O2/c1-12(17-20-19-15-9-5-6-10-21(15)17)18-16(23)11-14(22)13-7-3-2-4-8-13/h2-10,12,14,22H,11H2,1H3,(H,18,23). The number of aliphatic hydroxyl groups excluding tert-OH is 1. The predicted octanol–water partition coefficient (Wildman–Crippen LogP) is 2.03. The van der Waals surface area contributed by atoms with Gasteiger partial charge in [0.1, 0.15) is 0 Å². The molecule has 0 aliphatic heterocycles. The minimum Gasteiger partial charge on any atom is -0.388 e. The number of aromatic nitrogens is 3. The highest BCUT2D eigenvalue weighted by Gasteiger charge is 2.18. The van der Waals surface area contributed by atoms with Gasteiger partial charge in [-0.2, -0.15) is 0 Å². The number of carbonyl (C=O) groups excluding carboxylic acids is 1. The fraction of sp³-hybridized carbons (Fsp3) is 0.235. The number of aliphatic hydroxyl groups is 1. The minimum atomic E-state index is -0.821. The minimum absolute atomic E-state index is 0.00505. The van der Waals surface area contributed by atoms with Gasteiger partial charge in [-0.25, -0.2) is 0 Å². The molecule has 3 rings (SSSR count). The Hall–Kier alpha value is -2.73. The van der Waals surface area contributed by atoms with E-state index in [2.05, 4.69) is 15.5 Å². The quantitative estimate of drug-likeness (QED) is 0.756. The number of hydrogen-bond acceptors (Lipinski definition) is 4. The summed E-state index contributed by atoms with van der Waals surface area (Å²) >= 11 is 0. The molecule has 2 atom stereocenters. The second kappa shape index (κ2) is 6.58. The van der Waals surface area contributed by atoms with Crippen LogP contribution in [0.4, 0.5) is 0 Å². The molecule has 0 saturated heterocycles. The van der Waals surface area contributed by atoms with Crippen molar-refractivity contribution in [2.24, 2.45) is 0 Å². The largest absolute Gasteiger partial charge is 0.388 e. The Bertz CT molecular complexity index is 800. The van der Waals surface area contributed by atoms with Crippen molar-refractivity contribution in [3.8, 4) is 0 Å². The van der Waals surface area contributed by atoms with E-state index in [1.54, 1.807) is 12.1 Å². The van der Waals surface area contributed by atoms with Gasteiger partial charge in [0.2, 0.25) is 5.91 Å². The Morgan fingerprint density at radius 1 is 1.17 bits per heavy atom. The smallest absolute Gasteiger partial charge is 0.223 e. The molecule has 2 N–H and O–H groups in total. The fourth-order valence-corrected chi connectivity index (χ4v) is 2.49. The van der Waals surface area contributed by atoms with Crippen LogP contribution in [0.2, 0.25) is 0 Å². The van der Waals surface area contributed by atoms with E-state index in [1.165, 1.54) is 0 Å². The first-order valence-electron chi connectivity index (χ1n) is 7.47. The van der Waals surface area contributed by atoms with Gasteiger partial charge >= 0.3 is 0 Å². The summed E-state index contributed by atoms with van der Waals surface area (Å²) in [7, 11) is 0. The summed E-state index contributed by atoms with van der Waals surface area (Å²) in [6.45, 7) is 1.84. The van der Waals surface area contributed by atoms with E-state index >= 15 is 0 Å². The van der Waals surface area contributed by atoms with E-state index in [1.807, 2.05) is 53.9 Å². The van der Waals surface area contributed by atoms with Gasteiger partial charge in [-0.1, -0.05) is 36.4 Å². The Morgan fingerprint density at radius 3 is 2.70 bits per heavy atom. The van der Waals surface area contributed by atoms with E-state index in [0.29, 0.717) is 5.82 Å². The number of rotatable bonds is 5. The first-order valence-corrected chi connectivity index (χ1v) is 7.47. The molecule has 2 heterocycles. The van der Waals surface area contributed by atoms with Crippen LogP contribution in [-0.2, 0) is 4.79 Å². The van der Waals surface area contributed by atoms with Gasteiger partial charge in [0.25, 0.3) is 0 Å². The molecule has 6 nitrogen and oxygen atoms in total. The summed E-state index contributed by atoms with van der Waals surface area (Å²) in [6.07, 6.45) is 1.04. The molecule has 6 heteroatoms. The van der Waals surface area contributed by atoms with Crippen molar-refractivity contribution < 1.29 is 9.90 Å². The highest BCUT2D eigenvalue weighted by Crippen LogP contribution is 2.17. The Labute approximate surface area is 133 Å². The van der Waals surface area contributed by atoms with E-state index in [-0.39, 0.29) is 18.4 Å². The summed E-state index contributed by atoms with van der Waals surface area (Å²) in [5, 5.41) is 21.2. The molecule has 0 aliphatic carbocycles. The number of hydrogen-bond donors (Lipinski definition) is 2. The van der Waals surface area contributed by atoms with Gasteiger partial charge in [0.15, 0.2) is 11.5 Å². The van der Waals surface area contributed by atoms with Gasteiger partial charge in [0, 0.05) is 6.20 Å². The van der Waals surface area contributed by atoms with Crippen LogP contribution in [-0.4, -0.2) is 25.6 Å². The maximum atomic E-state index is 12.1. The molecule has 1 amide bonds.